The van der Waals surface area contributed by atoms with Gasteiger partial charge in [0.25, 0.3) is 0 Å². The monoisotopic (exact) mass is 347 g/mol. The molecule has 2 aromatic rings. The van der Waals surface area contributed by atoms with E-state index in [4.69, 9.17) is 9.26 Å². The lowest BCUT2D eigenvalue weighted by Crippen LogP contribution is -2.34. The summed E-state index contributed by atoms with van der Waals surface area (Å²) in [5.41, 5.74) is 0.900. The number of hydrogen-bond donors (Lipinski definition) is 1. The first-order chi connectivity index (χ1) is 11.5. The number of carbonyl (C=O) groups excluding carboxylic acids is 1. The predicted molar refractivity (Wildman–Crippen MR) is 94.1 cm³/mol. The Hall–Kier alpha value is -2.10. The highest BCUT2D eigenvalue weighted by atomic mass is 31.2. The zero-order valence-corrected chi connectivity index (χ0v) is 14.7. The molecule has 0 bridgehead atoms. The maximum absolute atomic E-state index is 12.8. The van der Waals surface area contributed by atoms with Crippen LogP contribution in [0.1, 0.15) is 19.4 Å². The van der Waals surface area contributed by atoms with Gasteiger partial charge in [0.15, 0.2) is 0 Å². The number of rotatable bonds is 8. The molecule has 0 aliphatic rings. The van der Waals surface area contributed by atoms with Crippen molar-refractivity contribution in [2.75, 3.05) is 6.16 Å². The van der Waals surface area contributed by atoms with Crippen LogP contribution in [0.15, 0.2) is 60.7 Å². The topological polar surface area (TPSA) is 64.6 Å². The molecule has 0 fully saturated rings. The minimum absolute atomic E-state index is 0.182. The van der Waals surface area contributed by atoms with Crippen LogP contribution in [0, 0.1) is 0 Å². The van der Waals surface area contributed by atoms with E-state index >= 15 is 0 Å². The van der Waals surface area contributed by atoms with Gasteiger partial charge in [-0.15, -0.1) is 0 Å². The van der Waals surface area contributed by atoms with E-state index in [1.807, 2.05) is 36.4 Å². The first-order valence-electron chi connectivity index (χ1n) is 7.84. The van der Waals surface area contributed by atoms with Gasteiger partial charge in [-0.05, 0) is 24.6 Å². The summed E-state index contributed by atoms with van der Waals surface area (Å²) < 4.78 is 23.6. The molecule has 1 N–H and O–H groups in total. The van der Waals surface area contributed by atoms with Crippen molar-refractivity contribution in [3.05, 3.63) is 66.2 Å². The fraction of sp³-hybridized carbons (Fsp3) is 0.278. The summed E-state index contributed by atoms with van der Waals surface area (Å²) in [6, 6.07) is 17.6. The van der Waals surface area contributed by atoms with Crippen molar-refractivity contribution >= 4 is 13.5 Å². The minimum atomic E-state index is -3.18. The SMILES string of the molecule is CCP(=O)(N[C@@H](C)C(=O)OCc1ccccc1)Oc1ccccc1. The number of hydrogen-bond acceptors (Lipinski definition) is 4. The largest absolute Gasteiger partial charge is 0.460 e. The Kier molecular flexibility index (Phi) is 6.59. The van der Waals surface area contributed by atoms with Gasteiger partial charge in [0.2, 0.25) is 0 Å². The van der Waals surface area contributed by atoms with Crippen LogP contribution < -0.4 is 9.61 Å². The molecule has 6 heteroatoms. The van der Waals surface area contributed by atoms with Gasteiger partial charge < -0.3 is 9.26 Å². The Bertz CT molecular complexity index is 691. The van der Waals surface area contributed by atoms with E-state index in [1.54, 1.807) is 38.1 Å². The van der Waals surface area contributed by atoms with Gasteiger partial charge in [-0.3, -0.25) is 9.36 Å². The molecule has 0 saturated heterocycles. The molecular weight excluding hydrogens is 325 g/mol. The maximum Gasteiger partial charge on any atom is 0.323 e. The molecule has 5 nitrogen and oxygen atoms in total. The van der Waals surface area contributed by atoms with E-state index in [9.17, 15) is 9.36 Å². The first-order valence-corrected chi connectivity index (χ1v) is 9.65. The van der Waals surface area contributed by atoms with E-state index in [0.29, 0.717) is 5.75 Å². The van der Waals surface area contributed by atoms with Gasteiger partial charge in [-0.25, -0.2) is 5.09 Å². The van der Waals surface area contributed by atoms with Crippen molar-refractivity contribution < 1.29 is 18.6 Å². The van der Waals surface area contributed by atoms with Gasteiger partial charge >= 0.3 is 13.5 Å². The highest BCUT2D eigenvalue weighted by Crippen LogP contribution is 2.42. The molecule has 0 aromatic heterocycles. The Morgan fingerprint density at radius 1 is 1.08 bits per heavy atom. The summed E-state index contributed by atoms with van der Waals surface area (Å²) in [6.07, 6.45) is 0.262. The molecule has 0 radical (unpaired) electrons. The maximum atomic E-state index is 12.8. The van der Waals surface area contributed by atoms with Crippen molar-refractivity contribution in [2.24, 2.45) is 0 Å². The lowest BCUT2D eigenvalue weighted by molar-refractivity contribution is -0.146. The van der Waals surface area contributed by atoms with Crippen LogP contribution in [0.25, 0.3) is 0 Å². The van der Waals surface area contributed by atoms with Gasteiger partial charge in [0, 0.05) is 6.16 Å². The van der Waals surface area contributed by atoms with E-state index in [-0.39, 0.29) is 12.8 Å². The van der Waals surface area contributed by atoms with Crippen molar-refractivity contribution in [1.82, 2.24) is 5.09 Å². The number of benzene rings is 2. The second kappa shape index (κ2) is 8.67. The Balaban J connectivity index is 1.91. The van der Waals surface area contributed by atoms with Crippen LogP contribution in [-0.2, 0) is 20.7 Å². The summed E-state index contributed by atoms with van der Waals surface area (Å²) in [5, 5.41) is 2.79. The summed E-state index contributed by atoms with van der Waals surface area (Å²) in [7, 11) is -3.18. The molecule has 1 unspecified atom stereocenters. The Labute approximate surface area is 142 Å². The van der Waals surface area contributed by atoms with E-state index < -0.39 is 19.5 Å². The molecule has 0 heterocycles. The zero-order chi connectivity index (χ0) is 17.4. The number of para-hydroxylation sites is 1. The smallest absolute Gasteiger partial charge is 0.323 e. The first kappa shape index (κ1) is 18.2. The van der Waals surface area contributed by atoms with Gasteiger partial charge in [-0.2, -0.15) is 0 Å². The average Bonchev–Trinajstić information content (AvgIpc) is 2.61. The fourth-order valence-corrected chi connectivity index (χ4v) is 3.56. The fourth-order valence-electron chi connectivity index (χ4n) is 2.04. The third kappa shape index (κ3) is 5.52. The van der Waals surface area contributed by atoms with Gasteiger partial charge in [0.1, 0.15) is 18.4 Å². The third-order valence-corrected chi connectivity index (χ3v) is 5.50. The Morgan fingerprint density at radius 2 is 1.67 bits per heavy atom. The number of esters is 1. The molecule has 24 heavy (non-hydrogen) atoms. The summed E-state index contributed by atoms with van der Waals surface area (Å²) in [6.45, 7) is 3.55. The zero-order valence-electron chi connectivity index (χ0n) is 13.8. The van der Waals surface area contributed by atoms with Crippen LogP contribution in [-0.4, -0.2) is 18.2 Å². The number of nitrogens with one attached hydrogen (secondary N) is 1. The highest BCUT2D eigenvalue weighted by Gasteiger charge is 2.28. The van der Waals surface area contributed by atoms with Crippen molar-refractivity contribution in [1.29, 1.82) is 0 Å². The van der Waals surface area contributed by atoms with E-state index in [2.05, 4.69) is 5.09 Å². The van der Waals surface area contributed by atoms with Crippen LogP contribution in [0.4, 0.5) is 0 Å². The molecule has 2 aromatic carbocycles. The van der Waals surface area contributed by atoms with Gasteiger partial charge in [-0.1, -0.05) is 55.5 Å². The lowest BCUT2D eigenvalue weighted by Gasteiger charge is -2.22. The van der Waals surface area contributed by atoms with Crippen LogP contribution >= 0.6 is 7.52 Å². The molecule has 0 aliphatic heterocycles. The Morgan fingerprint density at radius 3 is 2.25 bits per heavy atom. The molecule has 0 aliphatic carbocycles. The number of carbonyl (C=O) groups is 1. The van der Waals surface area contributed by atoms with Crippen molar-refractivity contribution in [3.63, 3.8) is 0 Å². The van der Waals surface area contributed by atoms with E-state index in [1.165, 1.54) is 0 Å². The molecule has 0 amide bonds. The second-order valence-electron chi connectivity index (χ2n) is 5.34. The normalized spacial score (nSPS) is 14.4. The van der Waals surface area contributed by atoms with Crippen molar-refractivity contribution in [3.8, 4) is 5.75 Å². The summed E-state index contributed by atoms with van der Waals surface area (Å²) >= 11 is 0. The predicted octanol–water partition coefficient (Wildman–Crippen LogP) is 4.00. The molecule has 0 saturated carbocycles. The third-order valence-electron chi connectivity index (χ3n) is 3.38. The van der Waals surface area contributed by atoms with Crippen molar-refractivity contribution in [2.45, 2.75) is 26.5 Å². The second-order valence-corrected chi connectivity index (χ2v) is 7.76. The quantitative estimate of drug-likeness (QED) is 0.578. The molecule has 0 spiro atoms. The number of ether oxygens (including phenoxy) is 1. The minimum Gasteiger partial charge on any atom is -0.460 e. The lowest BCUT2D eigenvalue weighted by atomic mass is 10.2. The van der Waals surface area contributed by atoms with Crippen LogP contribution in [0.5, 0.6) is 5.75 Å². The molecule has 2 atom stereocenters. The average molecular weight is 347 g/mol. The summed E-state index contributed by atoms with van der Waals surface area (Å²) in [4.78, 5) is 12.1. The molecule has 128 valence electrons. The molecule has 2 rings (SSSR count). The van der Waals surface area contributed by atoms with Gasteiger partial charge in [0.05, 0.1) is 0 Å². The van der Waals surface area contributed by atoms with Crippen LogP contribution in [0.2, 0.25) is 0 Å². The standard InChI is InChI=1S/C18H22NO4P/c1-3-24(21,23-17-12-8-5-9-13-17)19-15(2)18(20)22-14-16-10-6-4-7-11-16/h4-13,15H,3,14H2,1-2H3,(H,19,21)/t15-,24?/m0/s1. The van der Waals surface area contributed by atoms with E-state index in [0.717, 1.165) is 5.56 Å². The highest BCUT2D eigenvalue weighted by molar-refractivity contribution is 7.57. The van der Waals surface area contributed by atoms with Crippen LogP contribution in [0.3, 0.4) is 0 Å². The molecular formula is C18H22NO4P. The summed E-state index contributed by atoms with van der Waals surface area (Å²) in [5.74, 6) is 0.0317.